The first kappa shape index (κ1) is 17.0. The van der Waals surface area contributed by atoms with Gasteiger partial charge in [-0.15, -0.1) is 11.3 Å². The SMILES string of the molecule is Cc1nc(C(C)C)sc1C(C)N(C)Cc1nccn1C(F)F. The van der Waals surface area contributed by atoms with Gasteiger partial charge in [0.15, 0.2) is 0 Å². The number of alkyl halides is 2. The van der Waals surface area contributed by atoms with Crippen LogP contribution in [-0.4, -0.2) is 26.5 Å². The number of aryl methyl sites for hydroxylation is 1. The molecule has 1 unspecified atom stereocenters. The van der Waals surface area contributed by atoms with Crippen LogP contribution in [-0.2, 0) is 6.54 Å². The topological polar surface area (TPSA) is 34.0 Å². The smallest absolute Gasteiger partial charge is 0.291 e. The van der Waals surface area contributed by atoms with Crippen molar-refractivity contribution < 1.29 is 8.78 Å². The molecule has 0 fully saturated rings. The minimum atomic E-state index is -2.56. The van der Waals surface area contributed by atoms with Crippen molar-refractivity contribution >= 4 is 11.3 Å². The van der Waals surface area contributed by atoms with Gasteiger partial charge in [0.2, 0.25) is 0 Å². The molecule has 2 aromatic rings. The molecule has 0 saturated carbocycles. The van der Waals surface area contributed by atoms with Crippen LogP contribution < -0.4 is 0 Å². The number of imidazole rings is 1. The van der Waals surface area contributed by atoms with E-state index in [4.69, 9.17) is 0 Å². The van der Waals surface area contributed by atoms with Gasteiger partial charge in [0.1, 0.15) is 5.82 Å². The van der Waals surface area contributed by atoms with Crippen molar-refractivity contribution in [2.45, 2.75) is 52.7 Å². The second-order valence-corrected chi connectivity index (χ2v) is 6.84. The second kappa shape index (κ2) is 6.83. The van der Waals surface area contributed by atoms with Crippen LogP contribution in [0.5, 0.6) is 0 Å². The number of thiazole rings is 1. The predicted octanol–water partition coefficient (Wildman–Crippen LogP) is 4.36. The third kappa shape index (κ3) is 3.52. The normalized spacial score (nSPS) is 13.5. The molecule has 4 nitrogen and oxygen atoms in total. The van der Waals surface area contributed by atoms with Gasteiger partial charge in [-0.25, -0.2) is 9.97 Å². The van der Waals surface area contributed by atoms with E-state index in [1.54, 1.807) is 11.3 Å². The zero-order chi connectivity index (χ0) is 16.4. The summed E-state index contributed by atoms with van der Waals surface area (Å²) in [5.74, 6) is 0.767. The molecule has 0 spiro atoms. The van der Waals surface area contributed by atoms with Crippen molar-refractivity contribution in [3.05, 3.63) is 33.8 Å². The quantitative estimate of drug-likeness (QED) is 0.790. The molecule has 0 aromatic carbocycles. The fourth-order valence-corrected chi connectivity index (χ4v) is 3.46. The van der Waals surface area contributed by atoms with Gasteiger partial charge in [-0.3, -0.25) is 9.47 Å². The van der Waals surface area contributed by atoms with Crippen LogP contribution in [0.2, 0.25) is 0 Å². The number of nitrogens with zero attached hydrogens (tertiary/aromatic N) is 4. The zero-order valence-electron chi connectivity index (χ0n) is 13.5. The molecule has 2 rings (SSSR count). The Kier molecular flexibility index (Phi) is 5.28. The molecule has 0 aliphatic rings. The lowest BCUT2D eigenvalue weighted by Gasteiger charge is -2.24. The van der Waals surface area contributed by atoms with Gasteiger partial charge in [0.25, 0.3) is 0 Å². The van der Waals surface area contributed by atoms with Crippen molar-refractivity contribution in [2.24, 2.45) is 0 Å². The average Bonchev–Trinajstić information content (AvgIpc) is 3.04. The summed E-state index contributed by atoms with van der Waals surface area (Å²) >= 11 is 1.70. The summed E-state index contributed by atoms with van der Waals surface area (Å²) in [6.07, 6.45) is 2.72. The third-order valence-corrected chi connectivity index (χ3v) is 5.36. The number of rotatable bonds is 6. The van der Waals surface area contributed by atoms with Crippen molar-refractivity contribution in [1.82, 2.24) is 19.4 Å². The molecule has 0 aliphatic carbocycles. The maximum atomic E-state index is 12.9. The molecular weight excluding hydrogens is 306 g/mol. The lowest BCUT2D eigenvalue weighted by Crippen LogP contribution is -2.24. The molecule has 0 amide bonds. The Morgan fingerprint density at radius 3 is 2.55 bits per heavy atom. The summed E-state index contributed by atoms with van der Waals surface area (Å²) in [5.41, 5.74) is 1.02. The first-order valence-corrected chi connectivity index (χ1v) is 8.10. The van der Waals surface area contributed by atoms with E-state index in [0.717, 1.165) is 15.3 Å². The van der Waals surface area contributed by atoms with Crippen LogP contribution in [0.25, 0.3) is 0 Å². The van der Waals surface area contributed by atoms with Gasteiger partial charge in [0, 0.05) is 29.2 Å². The summed E-state index contributed by atoms with van der Waals surface area (Å²) < 4.78 is 26.7. The Morgan fingerprint density at radius 1 is 1.32 bits per heavy atom. The summed E-state index contributed by atoms with van der Waals surface area (Å²) in [6, 6.07) is 0.104. The molecule has 122 valence electrons. The molecule has 22 heavy (non-hydrogen) atoms. The van der Waals surface area contributed by atoms with E-state index in [2.05, 4.69) is 30.7 Å². The van der Waals surface area contributed by atoms with Crippen molar-refractivity contribution in [3.63, 3.8) is 0 Å². The van der Waals surface area contributed by atoms with E-state index in [-0.39, 0.29) is 6.04 Å². The highest BCUT2D eigenvalue weighted by atomic mass is 32.1. The van der Waals surface area contributed by atoms with Gasteiger partial charge < -0.3 is 0 Å². The van der Waals surface area contributed by atoms with E-state index in [0.29, 0.717) is 18.3 Å². The molecule has 7 heteroatoms. The number of hydrogen-bond acceptors (Lipinski definition) is 4. The van der Waals surface area contributed by atoms with Crippen LogP contribution in [0.4, 0.5) is 8.78 Å². The van der Waals surface area contributed by atoms with E-state index >= 15 is 0 Å². The summed E-state index contributed by atoms with van der Waals surface area (Å²) in [5, 5.41) is 1.11. The van der Waals surface area contributed by atoms with E-state index in [1.165, 1.54) is 17.3 Å². The first-order chi connectivity index (χ1) is 10.3. The van der Waals surface area contributed by atoms with Gasteiger partial charge in [-0.2, -0.15) is 8.78 Å². The third-order valence-electron chi connectivity index (χ3n) is 3.73. The van der Waals surface area contributed by atoms with Crippen molar-refractivity contribution in [1.29, 1.82) is 0 Å². The molecule has 2 heterocycles. The zero-order valence-corrected chi connectivity index (χ0v) is 14.4. The summed E-state index contributed by atoms with van der Waals surface area (Å²) in [7, 11) is 1.92. The molecule has 1 atom stereocenters. The maximum absolute atomic E-state index is 12.9. The Bertz CT molecular complexity index is 621. The monoisotopic (exact) mass is 328 g/mol. The van der Waals surface area contributed by atoms with Gasteiger partial charge in [-0.05, 0) is 20.9 Å². The number of aromatic nitrogens is 3. The van der Waals surface area contributed by atoms with E-state index in [1.807, 2.05) is 18.9 Å². The largest absolute Gasteiger partial charge is 0.319 e. The standard InChI is InChI=1S/C15H22F2N4S/c1-9(2)14-19-10(3)13(22-14)11(4)20(5)8-12-18-6-7-21(12)15(16)17/h6-7,9,11,15H,8H2,1-5H3. The molecule has 0 aliphatic heterocycles. The van der Waals surface area contributed by atoms with E-state index in [9.17, 15) is 8.78 Å². The van der Waals surface area contributed by atoms with Crippen LogP contribution in [0.1, 0.15) is 60.7 Å². The molecule has 0 saturated heterocycles. The highest BCUT2D eigenvalue weighted by Crippen LogP contribution is 2.32. The van der Waals surface area contributed by atoms with Crippen LogP contribution in [0.3, 0.4) is 0 Å². The fraction of sp³-hybridized carbons (Fsp3) is 0.600. The maximum Gasteiger partial charge on any atom is 0.319 e. The predicted molar refractivity (Wildman–Crippen MR) is 84.3 cm³/mol. The average molecular weight is 328 g/mol. The van der Waals surface area contributed by atoms with Crippen molar-refractivity contribution in [3.8, 4) is 0 Å². The van der Waals surface area contributed by atoms with Gasteiger partial charge >= 0.3 is 6.55 Å². The van der Waals surface area contributed by atoms with E-state index < -0.39 is 6.55 Å². The summed E-state index contributed by atoms with van der Waals surface area (Å²) in [4.78, 5) is 11.8. The fourth-order valence-electron chi connectivity index (χ4n) is 2.27. The van der Waals surface area contributed by atoms with Crippen LogP contribution >= 0.6 is 11.3 Å². The molecule has 0 radical (unpaired) electrons. The van der Waals surface area contributed by atoms with Gasteiger partial charge in [-0.1, -0.05) is 13.8 Å². The Morgan fingerprint density at radius 2 is 2.00 bits per heavy atom. The Labute approximate surface area is 133 Å². The van der Waals surface area contributed by atoms with Gasteiger partial charge in [0.05, 0.1) is 17.2 Å². The van der Waals surface area contributed by atoms with Crippen LogP contribution in [0.15, 0.2) is 12.4 Å². The van der Waals surface area contributed by atoms with Crippen LogP contribution in [0, 0.1) is 6.92 Å². The highest BCUT2D eigenvalue weighted by Gasteiger charge is 2.21. The molecule has 2 aromatic heterocycles. The highest BCUT2D eigenvalue weighted by molar-refractivity contribution is 7.11. The second-order valence-electron chi connectivity index (χ2n) is 5.78. The Balaban J connectivity index is 2.15. The van der Waals surface area contributed by atoms with Crippen molar-refractivity contribution in [2.75, 3.05) is 7.05 Å². The molecule has 0 N–H and O–H groups in total. The number of hydrogen-bond donors (Lipinski definition) is 0. The summed E-state index contributed by atoms with van der Waals surface area (Å²) in [6.45, 7) is 6.13. The lowest BCUT2D eigenvalue weighted by atomic mass is 10.2. The number of halogens is 2. The lowest BCUT2D eigenvalue weighted by molar-refractivity contribution is 0.0636. The Hall–Kier alpha value is -1.34. The molecule has 0 bridgehead atoms. The first-order valence-electron chi connectivity index (χ1n) is 7.28. The minimum Gasteiger partial charge on any atom is -0.291 e. The molecular formula is C15H22F2N4S. The minimum absolute atomic E-state index is 0.104.